The molecule has 0 atom stereocenters. The Morgan fingerprint density at radius 3 is 1.75 bits per heavy atom. The van der Waals surface area contributed by atoms with Gasteiger partial charge in [0.05, 0.1) is 0 Å². The zero-order valence-corrected chi connectivity index (χ0v) is 6.67. The number of hydrogen-bond acceptors (Lipinski definition) is 2. The van der Waals surface area contributed by atoms with Gasteiger partial charge in [-0.3, -0.25) is 0 Å². The summed E-state index contributed by atoms with van der Waals surface area (Å²) < 4.78 is 0. The molecular weight excluding hydrogens is 136 g/mol. The van der Waals surface area contributed by atoms with E-state index in [0.717, 1.165) is 18.8 Å². The van der Waals surface area contributed by atoms with Gasteiger partial charge in [0.15, 0.2) is 0 Å². The SMILES string of the molecule is CC1CC(S)=C(S)C1. The molecule has 0 amide bonds. The first-order valence-electron chi connectivity index (χ1n) is 2.80. The standard InChI is InChI=1S/C6H10S2/c1-4-2-5(7)6(8)3-4/h4,7-8H,2-3H2,1H3. The summed E-state index contributed by atoms with van der Waals surface area (Å²) in [5.74, 6) is 0.773. The molecule has 0 spiro atoms. The highest BCUT2D eigenvalue weighted by molar-refractivity contribution is 7.88. The Bertz CT molecular complexity index is 112. The third kappa shape index (κ3) is 1.23. The summed E-state index contributed by atoms with van der Waals surface area (Å²) in [5.41, 5.74) is 0. The van der Waals surface area contributed by atoms with Crippen LogP contribution in [0.1, 0.15) is 19.8 Å². The van der Waals surface area contributed by atoms with E-state index in [9.17, 15) is 0 Å². The fraction of sp³-hybridized carbons (Fsp3) is 0.667. The topological polar surface area (TPSA) is 0 Å². The van der Waals surface area contributed by atoms with Crippen LogP contribution in [0.3, 0.4) is 0 Å². The van der Waals surface area contributed by atoms with Gasteiger partial charge in [0.1, 0.15) is 0 Å². The molecule has 0 aromatic carbocycles. The van der Waals surface area contributed by atoms with Crippen LogP contribution in [-0.4, -0.2) is 0 Å². The van der Waals surface area contributed by atoms with E-state index in [1.165, 1.54) is 9.81 Å². The minimum Gasteiger partial charge on any atom is -0.147 e. The third-order valence-corrected chi connectivity index (χ3v) is 2.50. The highest BCUT2D eigenvalue weighted by Gasteiger charge is 2.14. The largest absolute Gasteiger partial charge is 0.147 e. The molecule has 0 aliphatic heterocycles. The molecule has 0 heterocycles. The first-order chi connectivity index (χ1) is 3.70. The molecule has 2 heteroatoms. The van der Waals surface area contributed by atoms with Crippen molar-refractivity contribution in [3.05, 3.63) is 9.81 Å². The predicted molar refractivity (Wildman–Crippen MR) is 43.4 cm³/mol. The lowest BCUT2D eigenvalue weighted by atomic mass is 10.1. The average Bonchev–Trinajstić information content (AvgIpc) is 1.85. The Balaban J connectivity index is 2.60. The summed E-state index contributed by atoms with van der Waals surface area (Å²) in [6, 6.07) is 0. The van der Waals surface area contributed by atoms with Crippen molar-refractivity contribution in [1.29, 1.82) is 0 Å². The van der Waals surface area contributed by atoms with Gasteiger partial charge in [-0.1, -0.05) is 6.92 Å². The summed E-state index contributed by atoms with van der Waals surface area (Å²) >= 11 is 8.50. The highest BCUT2D eigenvalue weighted by Crippen LogP contribution is 2.34. The molecule has 1 aliphatic carbocycles. The van der Waals surface area contributed by atoms with Gasteiger partial charge in [0.2, 0.25) is 0 Å². The van der Waals surface area contributed by atoms with Crippen LogP contribution in [0.15, 0.2) is 9.81 Å². The zero-order chi connectivity index (χ0) is 6.15. The van der Waals surface area contributed by atoms with Crippen molar-refractivity contribution in [2.75, 3.05) is 0 Å². The van der Waals surface area contributed by atoms with Crippen LogP contribution < -0.4 is 0 Å². The van der Waals surface area contributed by atoms with Crippen molar-refractivity contribution < 1.29 is 0 Å². The van der Waals surface area contributed by atoms with Gasteiger partial charge >= 0.3 is 0 Å². The van der Waals surface area contributed by atoms with Gasteiger partial charge in [0, 0.05) is 0 Å². The fourth-order valence-corrected chi connectivity index (χ4v) is 1.77. The van der Waals surface area contributed by atoms with Gasteiger partial charge in [-0.15, -0.1) is 25.3 Å². The zero-order valence-electron chi connectivity index (χ0n) is 4.89. The van der Waals surface area contributed by atoms with E-state index < -0.39 is 0 Å². The van der Waals surface area contributed by atoms with Crippen LogP contribution in [0.25, 0.3) is 0 Å². The van der Waals surface area contributed by atoms with Gasteiger partial charge in [0.25, 0.3) is 0 Å². The molecule has 0 radical (unpaired) electrons. The van der Waals surface area contributed by atoms with E-state index >= 15 is 0 Å². The van der Waals surface area contributed by atoms with E-state index in [0.29, 0.717) is 0 Å². The Morgan fingerprint density at radius 1 is 1.25 bits per heavy atom. The number of rotatable bonds is 0. The molecule has 0 saturated carbocycles. The van der Waals surface area contributed by atoms with E-state index in [1.54, 1.807) is 0 Å². The highest BCUT2D eigenvalue weighted by atomic mass is 32.1. The summed E-state index contributed by atoms with van der Waals surface area (Å²) in [6.45, 7) is 2.22. The van der Waals surface area contributed by atoms with Crippen molar-refractivity contribution in [3.63, 3.8) is 0 Å². The maximum absolute atomic E-state index is 4.25. The van der Waals surface area contributed by atoms with Gasteiger partial charge in [-0.05, 0) is 28.6 Å². The third-order valence-electron chi connectivity index (χ3n) is 1.42. The molecule has 0 aromatic rings. The normalized spacial score (nSPS) is 22.9. The van der Waals surface area contributed by atoms with Crippen molar-refractivity contribution >= 4 is 25.3 Å². The lowest BCUT2D eigenvalue weighted by Crippen LogP contribution is -1.82. The summed E-state index contributed by atoms with van der Waals surface area (Å²) in [6.07, 6.45) is 2.25. The monoisotopic (exact) mass is 146 g/mol. The summed E-state index contributed by atoms with van der Waals surface area (Å²) in [5, 5.41) is 0. The van der Waals surface area contributed by atoms with Crippen LogP contribution in [0, 0.1) is 5.92 Å². The predicted octanol–water partition coefficient (Wildman–Crippen LogP) is 2.49. The molecule has 1 rings (SSSR count). The lowest BCUT2D eigenvalue weighted by Gasteiger charge is -1.95. The van der Waals surface area contributed by atoms with Crippen LogP contribution >= 0.6 is 25.3 Å². The number of hydrogen-bond donors (Lipinski definition) is 2. The first kappa shape index (κ1) is 6.56. The number of allylic oxidation sites excluding steroid dienone is 2. The first-order valence-corrected chi connectivity index (χ1v) is 3.69. The van der Waals surface area contributed by atoms with Gasteiger partial charge in [-0.2, -0.15) is 0 Å². The maximum Gasteiger partial charge on any atom is -0.00888 e. The summed E-state index contributed by atoms with van der Waals surface area (Å²) in [7, 11) is 0. The molecule has 0 aromatic heterocycles. The Labute approximate surface area is 61.2 Å². The molecular formula is C6H10S2. The molecule has 0 nitrogen and oxygen atoms in total. The van der Waals surface area contributed by atoms with Crippen molar-refractivity contribution in [3.8, 4) is 0 Å². The smallest absolute Gasteiger partial charge is 0.00888 e. The van der Waals surface area contributed by atoms with Gasteiger partial charge < -0.3 is 0 Å². The molecule has 0 bridgehead atoms. The van der Waals surface area contributed by atoms with E-state index in [2.05, 4.69) is 32.2 Å². The van der Waals surface area contributed by atoms with Crippen LogP contribution in [0.4, 0.5) is 0 Å². The summed E-state index contributed by atoms with van der Waals surface area (Å²) in [4.78, 5) is 2.36. The van der Waals surface area contributed by atoms with Crippen molar-refractivity contribution in [1.82, 2.24) is 0 Å². The van der Waals surface area contributed by atoms with Crippen LogP contribution in [0.2, 0.25) is 0 Å². The lowest BCUT2D eigenvalue weighted by molar-refractivity contribution is 0.634. The fourth-order valence-electron chi connectivity index (χ4n) is 0.968. The van der Waals surface area contributed by atoms with Crippen LogP contribution in [-0.2, 0) is 0 Å². The van der Waals surface area contributed by atoms with E-state index in [1.807, 2.05) is 0 Å². The minimum atomic E-state index is 0.773. The van der Waals surface area contributed by atoms with Crippen molar-refractivity contribution in [2.24, 2.45) is 5.92 Å². The molecule has 0 unspecified atom stereocenters. The molecule has 46 valence electrons. The minimum absolute atomic E-state index is 0.773. The molecule has 1 aliphatic rings. The molecule has 0 saturated heterocycles. The Kier molecular flexibility index (Phi) is 1.93. The second-order valence-electron chi connectivity index (χ2n) is 2.41. The average molecular weight is 146 g/mol. The maximum atomic E-state index is 4.25. The second-order valence-corrected chi connectivity index (χ2v) is 3.49. The van der Waals surface area contributed by atoms with Gasteiger partial charge in [-0.25, -0.2) is 0 Å². The van der Waals surface area contributed by atoms with Crippen LogP contribution in [0.5, 0.6) is 0 Å². The molecule has 8 heavy (non-hydrogen) atoms. The van der Waals surface area contributed by atoms with E-state index in [-0.39, 0.29) is 0 Å². The molecule has 0 fully saturated rings. The second kappa shape index (κ2) is 2.36. The van der Waals surface area contributed by atoms with E-state index in [4.69, 9.17) is 0 Å². The van der Waals surface area contributed by atoms with Crippen molar-refractivity contribution in [2.45, 2.75) is 19.8 Å². The molecule has 0 N–H and O–H groups in total. The number of thiol groups is 2. The Morgan fingerprint density at radius 2 is 1.62 bits per heavy atom. The quantitative estimate of drug-likeness (QED) is 0.482. The Hall–Kier alpha value is 0.440.